The van der Waals surface area contributed by atoms with Crippen molar-refractivity contribution in [2.75, 3.05) is 0 Å². The van der Waals surface area contributed by atoms with Crippen molar-refractivity contribution >= 4 is 11.6 Å². The van der Waals surface area contributed by atoms with Crippen LogP contribution in [0, 0.1) is 17.8 Å². The number of carbonyl (C=O) groups is 2. The Morgan fingerprint density at radius 1 is 1.11 bits per heavy atom. The predicted molar refractivity (Wildman–Crippen MR) is 78.7 cm³/mol. The van der Waals surface area contributed by atoms with E-state index >= 15 is 0 Å². The number of allylic oxidation sites excluding steroid dienone is 6. The molecule has 0 N–H and O–H groups in total. The molecule has 0 heterocycles. The van der Waals surface area contributed by atoms with Gasteiger partial charge in [0.15, 0.2) is 11.6 Å². The molecular formula is C17H22O2. The molecule has 0 saturated carbocycles. The fourth-order valence-electron chi connectivity index (χ4n) is 2.17. The number of rotatable bonds is 2. The quantitative estimate of drug-likeness (QED) is 0.708. The maximum Gasteiger partial charge on any atom is 0.158 e. The van der Waals surface area contributed by atoms with Gasteiger partial charge in [0.1, 0.15) is 0 Å². The van der Waals surface area contributed by atoms with Crippen LogP contribution in [0.4, 0.5) is 0 Å². The van der Waals surface area contributed by atoms with Crippen LogP contribution in [0.2, 0.25) is 0 Å². The Labute approximate surface area is 115 Å². The van der Waals surface area contributed by atoms with Gasteiger partial charge in [0.05, 0.1) is 0 Å². The van der Waals surface area contributed by atoms with Gasteiger partial charge in [-0.1, -0.05) is 31.2 Å². The SMILES string of the molecule is C=CC1CC=CC(=O)C1.C=CC1CC=CC(=O)C1C. The highest BCUT2D eigenvalue weighted by atomic mass is 16.1. The monoisotopic (exact) mass is 258 g/mol. The van der Waals surface area contributed by atoms with Crippen molar-refractivity contribution in [2.45, 2.75) is 26.2 Å². The van der Waals surface area contributed by atoms with Crippen molar-refractivity contribution in [3.8, 4) is 0 Å². The summed E-state index contributed by atoms with van der Waals surface area (Å²) >= 11 is 0. The van der Waals surface area contributed by atoms with Gasteiger partial charge in [0, 0.05) is 12.3 Å². The summed E-state index contributed by atoms with van der Waals surface area (Å²) < 4.78 is 0. The standard InChI is InChI=1S/C9H12O.C8H10O/c1-3-8-5-4-6-9(10)7(8)2;1-2-7-4-3-5-8(9)6-7/h3-4,6-8H,1,5H2,2H3;2-3,5,7H,1,4,6H2. The molecule has 0 amide bonds. The minimum atomic E-state index is 0.141. The summed E-state index contributed by atoms with van der Waals surface area (Å²) in [5.74, 6) is 1.35. The number of hydrogen-bond acceptors (Lipinski definition) is 2. The van der Waals surface area contributed by atoms with E-state index in [-0.39, 0.29) is 17.5 Å². The van der Waals surface area contributed by atoms with Crippen LogP contribution in [-0.2, 0) is 9.59 Å². The third-order valence-corrected chi connectivity index (χ3v) is 3.62. The summed E-state index contributed by atoms with van der Waals surface area (Å²) in [6, 6.07) is 0. The Bertz CT molecular complexity index is 415. The van der Waals surface area contributed by atoms with Crippen molar-refractivity contribution in [2.24, 2.45) is 17.8 Å². The van der Waals surface area contributed by atoms with Crippen molar-refractivity contribution in [3.63, 3.8) is 0 Å². The third-order valence-electron chi connectivity index (χ3n) is 3.62. The van der Waals surface area contributed by atoms with Gasteiger partial charge in [-0.2, -0.15) is 0 Å². The lowest BCUT2D eigenvalue weighted by molar-refractivity contribution is -0.119. The van der Waals surface area contributed by atoms with Gasteiger partial charge in [-0.15, -0.1) is 13.2 Å². The molecule has 0 aromatic heterocycles. The second kappa shape index (κ2) is 7.67. The summed E-state index contributed by atoms with van der Waals surface area (Å²) in [6.45, 7) is 9.27. The molecule has 102 valence electrons. The lowest BCUT2D eigenvalue weighted by atomic mass is 9.84. The van der Waals surface area contributed by atoms with Gasteiger partial charge in [0.25, 0.3) is 0 Å². The zero-order chi connectivity index (χ0) is 14.3. The van der Waals surface area contributed by atoms with E-state index in [1.165, 1.54) is 0 Å². The first-order valence-corrected chi connectivity index (χ1v) is 6.73. The van der Waals surface area contributed by atoms with E-state index in [9.17, 15) is 9.59 Å². The smallest absolute Gasteiger partial charge is 0.158 e. The summed E-state index contributed by atoms with van der Waals surface area (Å²) in [5, 5.41) is 0. The van der Waals surface area contributed by atoms with Gasteiger partial charge in [0.2, 0.25) is 0 Å². The maximum absolute atomic E-state index is 11.0. The molecule has 0 aliphatic heterocycles. The van der Waals surface area contributed by atoms with E-state index in [4.69, 9.17) is 0 Å². The Kier molecular flexibility index (Phi) is 6.20. The molecule has 2 aliphatic carbocycles. The molecule has 0 fully saturated rings. The van der Waals surface area contributed by atoms with Crippen LogP contribution in [-0.4, -0.2) is 11.6 Å². The molecule has 0 aromatic carbocycles. The molecule has 3 unspecified atom stereocenters. The van der Waals surface area contributed by atoms with Gasteiger partial charge in [-0.05, 0) is 36.8 Å². The average molecular weight is 258 g/mol. The third kappa shape index (κ3) is 4.82. The second-order valence-corrected chi connectivity index (χ2v) is 5.03. The zero-order valence-corrected chi connectivity index (χ0v) is 11.5. The molecule has 0 radical (unpaired) electrons. The van der Waals surface area contributed by atoms with Gasteiger partial charge >= 0.3 is 0 Å². The average Bonchev–Trinajstić information content (AvgIpc) is 2.42. The summed E-state index contributed by atoms with van der Waals surface area (Å²) in [7, 11) is 0. The summed E-state index contributed by atoms with van der Waals surface area (Å²) in [4.78, 5) is 21.7. The Morgan fingerprint density at radius 3 is 2.26 bits per heavy atom. The minimum Gasteiger partial charge on any atom is -0.295 e. The highest BCUT2D eigenvalue weighted by Gasteiger charge is 2.21. The highest BCUT2D eigenvalue weighted by molar-refractivity contribution is 5.92. The molecule has 0 aromatic rings. The zero-order valence-electron chi connectivity index (χ0n) is 11.5. The Hall–Kier alpha value is -1.70. The minimum absolute atomic E-state index is 0.141. The van der Waals surface area contributed by atoms with Crippen LogP contribution in [0.25, 0.3) is 0 Å². The Balaban J connectivity index is 0.000000191. The topological polar surface area (TPSA) is 34.1 Å². The van der Waals surface area contributed by atoms with Crippen LogP contribution < -0.4 is 0 Å². The fourth-order valence-corrected chi connectivity index (χ4v) is 2.17. The molecular weight excluding hydrogens is 236 g/mol. The van der Waals surface area contributed by atoms with Crippen LogP contribution in [0.5, 0.6) is 0 Å². The van der Waals surface area contributed by atoms with E-state index in [0.717, 1.165) is 12.8 Å². The molecule has 2 rings (SSSR count). The molecule has 2 nitrogen and oxygen atoms in total. The molecule has 0 bridgehead atoms. The predicted octanol–water partition coefficient (Wildman–Crippen LogP) is 3.66. The van der Waals surface area contributed by atoms with E-state index in [1.54, 1.807) is 12.2 Å². The number of hydrogen-bond donors (Lipinski definition) is 0. The second-order valence-electron chi connectivity index (χ2n) is 5.03. The lowest BCUT2D eigenvalue weighted by Gasteiger charge is -2.19. The summed E-state index contributed by atoms with van der Waals surface area (Å²) in [6.07, 6.45) is 13.5. The molecule has 19 heavy (non-hydrogen) atoms. The maximum atomic E-state index is 11.0. The van der Waals surface area contributed by atoms with Gasteiger partial charge in [-0.3, -0.25) is 9.59 Å². The molecule has 2 aliphatic rings. The Morgan fingerprint density at radius 2 is 1.79 bits per heavy atom. The normalized spacial score (nSPS) is 29.4. The fraction of sp³-hybridized carbons (Fsp3) is 0.412. The molecule has 0 spiro atoms. The highest BCUT2D eigenvalue weighted by Crippen LogP contribution is 2.22. The van der Waals surface area contributed by atoms with E-state index < -0.39 is 0 Å². The van der Waals surface area contributed by atoms with Gasteiger partial charge in [-0.25, -0.2) is 0 Å². The molecule has 0 saturated heterocycles. The van der Waals surface area contributed by atoms with Crippen molar-refractivity contribution in [1.82, 2.24) is 0 Å². The van der Waals surface area contributed by atoms with Crippen molar-refractivity contribution in [3.05, 3.63) is 49.6 Å². The van der Waals surface area contributed by atoms with Gasteiger partial charge < -0.3 is 0 Å². The van der Waals surface area contributed by atoms with Crippen LogP contribution in [0.3, 0.4) is 0 Å². The van der Waals surface area contributed by atoms with Crippen LogP contribution in [0.1, 0.15) is 26.2 Å². The summed E-state index contributed by atoms with van der Waals surface area (Å²) in [5.41, 5.74) is 0. The van der Waals surface area contributed by atoms with Crippen LogP contribution in [0.15, 0.2) is 49.6 Å². The van der Waals surface area contributed by atoms with Crippen molar-refractivity contribution in [1.29, 1.82) is 0 Å². The largest absolute Gasteiger partial charge is 0.295 e. The number of carbonyl (C=O) groups excluding carboxylic acids is 2. The first-order chi connectivity index (χ1) is 9.08. The first kappa shape index (κ1) is 15.4. The molecule has 3 atom stereocenters. The van der Waals surface area contributed by atoms with Crippen molar-refractivity contribution < 1.29 is 9.59 Å². The molecule has 2 heteroatoms. The van der Waals surface area contributed by atoms with Crippen LogP contribution >= 0.6 is 0 Å². The first-order valence-electron chi connectivity index (χ1n) is 6.73. The van der Waals surface area contributed by atoms with E-state index in [2.05, 4.69) is 13.2 Å². The van der Waals surface area contributed by atoms with E-state index in [1.807, 2.05) is 31.2 Å². The van der Waals surface area contributed by atoms with E-state index in [0.29, 0.717) is 18.3 Å². The lowest BCUT2D eigenvalue weighted by Crippen LogP contribution is -2.20. The number of ketones is 2.